The topological polar surface area (TPSA) is 157 Å². The van der Waals surface area contributed by atoms with E-state index in [1.165, 1.54) is 40.6 Å². The second-order valence-corrected chi connectivity index (χ2v) is 11.9. The third-order valence-electron chi connectivity index (χ3n) is 7.87. The highest BCUT2D eigenvalue weighted by molar-refractivity contribution is 8.03. The quantitative estimate of drug-likeness (QED) is 0.278. The Balaban J connectivity index is 1.48. The number of likely N-dealkylation sites (tertiary alicyclic amines) is 1. The van der Waals surface area contributed by atoms with Gasteiger partial charge in [0.1, 0.15) is 25.5 Å². The van der Waals surface area contributed by atoms with Crippen molar-refractivity contribution < 1.29 is 43.7 Å². The molecule has 0 aromatic rings. The minimum Gasteiger partial charge on any atom is -0.477 e. The minimum absolute atomic E-state index is 0.00905. The van der Waals surface area contributed by atoms with E-state index in [9.17, 15) is 34.2 Å². The highest BCUT2D eigenvalue weighted by Gasteiger charge is 2.60. The number of rotatable bonds is 10. The van der Waals surface area contributed by atoms with Gasteiger partial charge in [0.25, 0.3) is 0 Å². The molecule has 14 heteroatoms. The molecule has 6 atom stereocenters. The monoisotopic (exact) mass is 592 g/mol. The molecule has 4 aliphatic rings. The number of fused-ring (bicyclic) bond motifs is 1. The lowest BCUT2D eigenvalue weighted by atomic mass is 9.79. The first kappa shape index (κ1) is 30.4. The van der Waals surface area contributed by atoms with Crippen LogP contribution >= 0.6 is 11.8 Å². The molecule has 3 fully saturated rings. The van der Waals surface area contributed by atoms with Gasteiger partial charge in [-0.15, -0.1) is 11.8 Å². The zero-order valence-electron chi connectivity index (χ0n) is 23.1. The van der Waals surface area contributed by atoms with Crippen LogP contribution in [0.3, 0.4) is 0 Å². The van der Waals surface area contributed by atoms with Crippen molar-refractivity contribution >= 4 is 41.7 Å². The van der Waals surface area contributed by atoms with Crippen LogP contribution in [-0.2, 0) is 23.9 Å². The van der Waals surface area contributed by atoms with E-state index in [1.807, 2.05) is 6.92 Å². The number of aliphatic hydroxyl groups is 1. The largest absolute Gasteiger partial charge is 0.477 e. The number of nitrogens with zero attached hydrogens (tertiary/aromatic N) is 4. The van der Waals surface area contributed by atoms with E-state index in [0.717, 1.165) is 0 Å². The molecule has 0 unspecified atom stereocenters. The average molecular weight is 593 g/mol. The summed E-state index contributed by atoms with van der Waals surface area (Å²) in [5, 5.41) is 19.9. The van der Waals surface area contributed by atoms with Crippen LogP contribution in [0, 0.1) is 11.8 Å². The number of amides is 4. The van der Waals surface area contributed by atoms with Crippen molar-refractivity contribution in [2.75, 3.05) is 45.9 Å². The van der Waals surface area contributed by atoms with Gasteiger partial charge < -0.3 is 34.4 Å². The lowest BCUT2D eigenvalue weighted by Crippen LogP contribution is -2.63. The van der Waals surface area contributed by atoms with Gasteiger partial charge in [-0.05, 0) is 13.3 Å². The molecule has 0 radical (unpaired) electrons. The lowest BCUT2D eigenvalue weighted by Gasteiger charge is -2.46. The Morgan fingerprint density at radius 3 is 2.37 bits per heavy atom. The standard InChI is InChI=1S/C27H36N4O9S/c1-5-9-39-26(37)29-8-7-28(19(33)14-29)12-17-11-18(13-30(17)27(38)40-10-6-2)41-23-15(3)21-20(16(4)32)24(34)31(21)22(23)25(35)36/h5-6,15-18,20-21,32H,1-2,7-14H2,3-4H3,(H,35,36)/t15-,16-,17+,18+,20-,21-/m1/s1. The molecular weight excluding hydrogens is 556 g/mol. The number of thioether (sulfide) groups is 1. The van der Waals surface area contributed by atoms with Crippen molar-refractivity contribution in [1.29, 1.82) is 0 Å². The summed E-state index contributed by atoms with van der Waals surface area (Å²) in [5.41, 5.74) is -0.0757. The summed E-state index contributed by atoms with van der Waals surface area (Å²) in [6, 6.07) is -0.850. The summed E-state index contributed by atoms with van der Waals surface area (Å²) in [4.78, 5) is 69.2. The molecule has 41 heavy (non-hydrogen) atoms. The lowest BCUT2D eigenvalue weighted by molar-refractivity contribution is -0.163. The van der Waals surface area contributed by atoms with Crippen LogP contribution in [0.4, 0.5) is 9.59 Å². The molecule has 0 bridgehead atoms. The number of β-lactam (4-membered cyclic amide) rings is 1. The average Bonchev–Trinajstić information content (AvgIpc) is 3.43. The summed E-state index contributed by atoms with van der Waals surface area (Å²) in [7, 11) is 0. The number of ether oxygens (including phenoxy) is 2. The fourth-order valence-corrected chi connectivity index (χ4v) is 7.52. The van der Waals surface area contributed by atoms with Gasteiger partial charge in [0.05, 0.1) is 24.1 Å². The Labute approximate surface area is 242 Å². The number of aliphatic carboxylic acids is 1. The molecule has 0 aromatic carbocycles. The van der Waals surface area contributed by atoms with E-state index in [1.54, 1.807) is 9.80 Å². The fraction of sp³-hybridized carbons (Fsp3) is 0.593. The first-order valence-corrected chi connectivity index (χ1v) is 14.4. The zero-order chi connectivity index (χ0) is 30.0. The number of carboxylic acid groups (broad SMARTS) is 1. The van der Waals surface area contributed by atoms with Crippen molar-refractivity contribution in [3.05, 3.63) is 35.9 Å². The second kappa shape index (κ2) is 12.6. The fourth-order valence-electron chi connectivity index (χ4n) is 5.96. The second-order valence-electron chi connectivity index (χ2n) is 10.5. The van der Waals surface area contributed by atoms with Crippen LogP contribution in [-0.4, -0.2) is 129 Å². The van der Waals surface area contributed by atoms with E-state index in [-0.39, 0.29) is 68.7 Å². The number of carboxylic acids is 1. The first-order valence-electron chi connectivity index (χ1n) is 13.5. The summed E-state index contributed by atoms with van der Waals surface area (Å²) in [6.07, 6.45) is 1.27. The predicted octanol–water partition coefficient (Wildman–Crippen LogP) is 1.11. The molecule has 4 heterocycles. The summed E-state index contributed by atoms with van der Waals surface area (Å²) in [5.74, 6) is -2.88. The first-order chi connectivity index (χ1) is 19.5. The summed E-state index contributed by atoms with van der Waals surface area (Å²) >= 11 is 1.32. The number of carbonyl (C=O) groups is 5. The van der Waals surface area contributed by atoms with Crippen LogP contribution in [0.15, 0.2) is 35.9 Å². The van der Waals surface area contributed by atoms with E-state index < -0.39 is 48.2 Å². The maximum atomic E-state index is 13.0. The van der Waals surface area contributed by atoms with Gasteiger partial charge in [0, 0.05) is 42.3 Å². The number of hydrogen-bond donors (Lipinski definition) is 2. The molecule has 0 aliphatic carbocycles. The maximum absolute atomic E-state index is 13.0. The molecule has 224 valence electrons. The third kappa shape index (κ3) is 5.94. The van der Waals surface area contributed by atoms with Crippen molar-refractivity contribution in [3.8, 4) is 0 Å². The van der Waals surface area contributed by atoms with Crippen molar-refractivity contribution in [2.24, 2.45) is 11.8 Å². The smallest absolute Gasteiger partial charge is 0.410 e. The van der Waals surface area contributed by atoms with E-state index in [0.29, 0.717) is 11.3 Å². The highest BCUT2D eigenvalue weighted by Crippen LogP contribution is 2.52. The molecule has 4 aliphatic heterocycles. The third-order valence-corrected chi connectivity index (χ3v) is 9.37. The number of hydrogen-bond acceptors (Lipinski definition) is 9. The molecular formula is C27H36N4O9S. The van der Waals surface area contributed by atoms with E-state index in [2.05, 4.69) is 13.2 Å². The number of carbonyl (C=O) groups excluding carboxylic acids is 4. The highest BCUT2D eigenvalue weighted by atomic mass is 32.2. The van der Waals surface area contributed by atoms with Crippen molar-refractivity contribution in [1.82, 2.24) is 19.6 Å². The van der Waals surface area contributed by atoms with Gasteiger partial charge in [-0.25, -0.2) is 14.4 Å². The van der Waals surface area contributed by atoms with Crippen LogP contribution in [0.2, 0.25) is 0 Å². The van der Waals surface area contributed by atoms with Gasteiger partial charge in [-0.1, -0.05) is 32.2 Å². The van der Waals surface area contributed by atoms with Crippen LogP contribution in [0.5, 0.6) is 0 Å². The Hall–Kier alpha value is -3.52. The Bertz CT molecular complexity index is 1160. The Kier molecular flexibility index (Phi) is 9.32. The summed E-state index contributed by atoms with van der Waals surface area (Å²) in [6.45, 7) is 11.3. The SMILES string of the molecule is C=CCOC(=O)N1CCN(C[C@@H]2C[C@H](SC3=C(C(=O)O)N4C(=O)[C@H]([C@@H](C)O)[C@H]4[C@H]3C)CN2C(=O)OCC=C)C(=O)C1. The predicted molar refractivity (Wildman–Crippen MR) is 147 cm³/mol. The van der Waals surface area contributed by atoms with E-state index >= 15 is 0 Å². The molecule has 3 saturated heterocycles. The van der Waals surface area contributed by atoms with Gasteiger partial charge in [-0.3, -0.25) is 14.5 Å². The number of aliphatic hydroxyl groups excluding tert-OH is 1. The molecule has 13 nitrogen and oxygen atoms in total. The van der Waals surface area contributed by atoms with Gasteiger partial charge in [-0.2, -0.15) is 0 Å². The number of piperazine rings is 1. The minimum atomic E-state index is -1.22. The molecule has 2 N–H and O–H groups in total. The Morgan fingerprint density at radius 1 is 1.12 bits per heavy atom. The molecule has 0 saturated carbocycles. The zero-order valence-corrected chi connectivity index (χ0v) is 24.0. The van der Waals surface area contributed by atoms with E-state index in [4.69, 9.17) is 9.47 Å². The molecule has 0 aromatic heterocycles. The van der Waals surface area contributed by atoms with Gasteiger partial charge in [0.15, 0.2) is 0 Å². The maximum Gasteiger partial charge on any atom is 0.410 e. The van der Waals surface area contributed by atoms with Crippen molar-refractivity contribution in [3.63, 3.8) is 0 Å². The normalized spacial score (nSPS) is 28.3. The molecule has 0 spiro atoms. The van der Waals surface area contributed by atoms with Crippen LogP contribution in [0.25, 0.3) is 0 Å². The van der Waals surface area contributed by atoms with Crippen LogP contribution < -0.4 is 0 Å². The van der Waals surface area contributed by atoms with Crippen molar-refractivity contribution in [2.45, 2.75) is 43.7 Å². The van der Waals surface area contributed by atoms with Crippen LogP contribution in [0.1, 0.15) is 20.3 Å². The molecule has 4 amide bonds. The molecule has 4 rings (SSSR count). The van der Waals surface area contributed by atoms with Gasteiger partial charge >= 0.3 is 18.2 Å². The Morgan fingerprint density at radius 2 is 1.78 bits per heavy atom. The van der Waals surface area contributed by atoms with Gasteiger partial charge in [0.2, 0.25) is 11.8 Å². The summed E-state index contributed by atoms with van der Waals surface area (Å²) < 4.78 is 10.3.